The lowest BCUT2D eigenvalue weighted by Gasteiger charge is -2.41. The summed E-state index contributed by atoms with van der Waals surface area (Å²) in [5.74, 6) is 0.161. The summed E-state index contributed by atoms with van der Waals surface area (Å²) in [5, 5.41) is 3.75. The molecule has 0 radical (unpaired) electrons. The van der Waals surface area contributed by atoms with Crippen molar-refractivity contribution in [1.29, 1.82) is 0 Å². The van der Waals surface area contributed by atoms with E-state index in [0.717, 1.165) is 47.5 Å². The smallest absolute Gasteiger partial charge is 0.356 e. The molecule has 0 spiro atoms. The fraction of sp³-hybridized carbons (Fsp3) is 0.360. The minimum absolute atomic E-state index is 0.160. The van der Waals surface area contributed by atoms with Gasteiger partial charge in [-0.15, -0.1) is 0 Å². The van der Waals surface area contributed by atoms with Crippen molar-refractivity contribution in [2.75, 3.05) is 50.6 Å². The van der Waals surface area contributed by atoms with Crippen molar-refractivity contribution >= 4 is 34.2 Å². The number of carbonyl (C=O) groups excluding carboxylic acids is 2. The van der Waals surface area contributed by atoms with Crippen LogP contribution < -0.4 is 15.0 Å². The summed E-state index contributed by atoms with van der Waals surface area (Å²) in [6, 6.07) is 14.1. The summed E-state index contributed by atoms with van der Waals surface area (Å²) in [7, 11) is 2.99. The molecule has 8 heteroatoms. The zero-order valence-corrected chi connectivity index (χ0v) is 19.5. The van der Waals surface area contributed by atoms with Gasteiger partial charge in [-0.2, -0.15) is 0 Å². The highest BCUT2D eigenvalue weighted by Gasteiger charge is 2.26. The second-order valence-electron chi connectivity index (χ2n) is 8.44. The van der Waals surface area contributed by atoms with Gasteiger partial charge in [0.1, 0.15) is 11.4 Å². The van der Waals surface area contributed by atoms with Gasteiger partial charge in [0.2, 0.25) is 5.91 Å². The van der Waals surface area contributed by atoms with Gasteiger partial charge >= 0.3 is 5.97 Å². The maximum atomic E-state index is 13.0. The topological polar surface area (TPSA) is 86.9 Å². The Morgan fingerprint density at radius 2 is 1.88 bits per heavy atom. The predicted molar refractivity (Wildman–Crippen MR) is 129 cm³/mol. The molecule has 1 saturated heterocycles. The molecular weight excluding hydrogens is 420 g/mol. The van der Waals surface area contributed by atoms with Crippen LogP contribution in [-0.2, 0) is 9.53 Å². The summed E-state index contributed by atoms with van der Waals surface area (Å²) >= 11 is 0. The van der Waals surface area contributed by atoms with Gasteiger partial charge in [-0.25, -0.2) is 4.79 Å². The molecular formula is C25H30N4O4. The molecule has 174 valence electrons. The number of ether oxygens (including phenoxy) is 2. The Morgan fingerprint density at radius 1 is 1.12 bits per heavy atom. The third-order valence-electron chi connectivity index (χ3n) is 6.09. The number of methoxy groups -OCH3 is 2. The Bertz CT molecular complexity index is 1160. The van der Waals surface area contributed by atoms with Crippen LogP contribution in [0.15, 0.2) is 42.5 Å². The lowest BCUT2D eigenvalue weighted by atomic mass is 10.1. The first-order valence-electron chi connectivity index (χ1n) is 11.0. The summed E-state index contributed by atoms with van der Waals surface area (Å²) in [6.45, 7) is 6.73. The predicted octanol–water partition coefficient (Wildman–Crippen LogP) is 3.42. The van der Waals surface area contributed by atoms with Gasteiger partial charge in [0.25, 0.3) is 0 Å². The van der Waals surface area contributed by atoms with Crippen LogP contribution in [-0.4, -0.2) is 68.2 Å². The number of piperazine rings is 1. The van der Waals surface area contributed by atoms with Crippen molar-refractivity contribution < 1.29 is 19.1 Å². The average Bonchev–Trinajstić information content (AvgIpc) is 3.16. The van der Waals surface area contributed by atoms with Crippen molar-refractivity contribution in [3.05, 3.63) is 53.7 Å². The Morgan fingerprint density at radius 3 is 2.55 bits per heavy atom. The van der Waals surface area contributed by atoms with Crippen molar-refractivity contribution in [2.45, 2.75) is 19.9 Å². The molecule has 1 aliphatic heterocycles. The van der Waals surface area contributed by atoms with Gasteiger partial charge < -0.3 is 24.7 Å². The normalized spacial score (nSPS) is 16.6. The molecule has 3 aromatic rings. The molecule has 4 rings (SSSR count). The molecule has 1 atom stereocenters. The number of aryl methyl sites for hydroxylation is 1. The van der Waals surface area contributed by atoms with Crippen LogP contribution in [0.3, 0.4) is 0 Å². The average molecular weight is 451 g/mol. The molecule has 33 heavy (non-hydrogen) atoms. The van der Waals surface area contributed by atoms with E-state index < -0.39 is 5.97 Å². The monoisotopic (exact) mass is 450 g/mol. The molecule has 2 N–H and O–H groups in total. The first-order valence-corrected chi connectivity index (χ1v) is 11.0. The molecule has 0 saturated carbocycles. The van der Waals surface area contributed by atoms with Crippen molar-refractivity contribution in [2.24, 2.45) is 0 Å². The first kappa shape index (κ1) is 22.7. The lowest BCUT2D eigenvalue weighted by Crippen LogP contribution is -2.53. The Kier molecular flexibility index (Phi) is 6.55. The van der Waals surface area contributed by atoms with E-state index in [1.807, 2.05) is 37.3 Å². The van der Waals surface area contributed by atoms with Gasteiger partial charge in [0.15, 0.2) is 0 Å². The molecule has 1 aromatic heterocycles. The molecule has 1 aliphatic rings. The standard InChI is InChI=1S/C25H30N4O4/c1-16-5-10-21-20(13-16)23(24(26-21)25(31)33-4)27-22(30)15-28-11-12-29(17(2)14-28)18-6-8-19(32-3)9-7-18/h5-10,13,17,26H,11-12,14-15H2,1-4H3,(H,27,30). The number of carbonyl (C=O) groups is 2. The molecule has 2 heterocycles. The second-order valence-corrected chi connectivity index (χ2v) is 8.44. The van der Waals surface area contributed by atoms with Crippen LogP contribution in [0.2, 0.25) is 0 Å². The number of aromatic amines is 1. The number of amides is 1. The van der Waals surface area contributed by atoms with Crippen LogP contribution in [0.5, 0.6) is 5.75 Å². The van der Waals surface area contributed by atoms with E-state index in [1.54, 1.807) is 7.11 Å². The molecule has 1 amide bonds. The van der Waals surface area contributed by atoms with Crippen LogP contribution >= 0.6 is 0 Å². The highest BCUT2D eigenvalue weighted by molar-refractivity contribution is 6.11. The lowest BCUT2D eigenvalue weighted by molar-refractivity contribution is -0.117. The van der Waals surface area contributed by atoms with E-state index in [2.05, 4.69) is 39.2 Å². The molecule has 1 fully saturated rings. The molecule has 0 aliphatic carbocycles. The van der Waals surface area contributed by atoms with E-state index in [4.69, 9.17) is 9.47 Å². The number of nitrogens with zero attached hydrogens (tertiary/aromatic N) is 2. The third kappa shape index (κ3) is 4.80. The van der Waals surface area contributed by atoms with E-state index in [9.17, 15) is 9.59 Å². The third-order valence-corrected chi connectivity index (χ3v) is 6.09. The minimum atomic E-state index is -0.513. The maximum Gasteiger partial charge on any atom is 0.356 e. The summed E-state index contributed by atoms with van der Waals surface area (Å²) in [6.07, 6.45) is 0. The number of hydrogen-bond donors (Lipinski definition) is 2. The fourth-order valence-electron chi connectivity index (χ4n) is 4.41. The SMILES string of the molecule is COC(=O)c1[nH]c2ccc(C)cc2c1NC(=O)CN1CCN(c2ccc(OC)cc2)C(C)C1. The van der Waals surface area contributed by atoms with Crippen molar-refractivity contribution in [3.8, 4) is 5.75 Å². The largest absolute Gasteiger partial charge is 0.497 e. The van der Waals surface area contributed by atoms with Gasteiger partial charge in [0, 0.05) is 42.3 Å². The Labute approximate surface area is 193 Å². The number of nitrogens with one attached hydrogen (secondary N) is 2. The van der Waals surface area contributed by atoms with Gasteiger partial charge in [-0.3, -0.25) is 9.69 Å². The number of fused-ring (bicyclic) bond motifs is 1. The van der Waals surface area contributed by atoms with E-state index in [1.165, 1.54) is 7.11 Å². The zero-order chi connectivity index (χ0) is 23.5. The Hall–Kier alpha value is -3.52. The highest BCUT2D eigenvalue weighted by Crippen LogP contribution is 2.29. The van der Waals surface area contributed by atoms with Gasteiger partial charge in [-0.05, 0) is 50.2 Å². The van der Waals surface area contributed by atoms with E-state index in [-0.39, 0.29) is 24.2 Å². The highest BCUT2D eigenvalue weighted by atomic mass is 16.5. The number of benzene rings is 2. The number of aromatic nitrogens is 1. The quantitative estimate of drug-likeness (QED) is 0.560. The number of esters is 1. The summed E-state index contributed by atoms with van der Waals surface area (Å²) in [4.78, 5) is 32.8. The fourth-order valence-corrected chi connectivity index (χ4v) is 4.41. The first-order chi connectivity index (χ1) is 15.9. The number of anilines is 2. The van der Waals surface area contributed by atoms with E-state index >= 15 is 0 Å². The molecule has 2 aromatic carbocycles. The van der Waals surface area contributed by atoms with Gasteiger partial charge in [0.05, 0.1) is 26.5 Å². The molecule has 0 bridgehead atoms. The number of hydrogen-bond acceptors (Lipinski definition) is 6. The summed E-state index contributed by atoms with van der Waals surface area (Å²) < 4.78 is 10.2. The van der Waals surface area contributed by atoms with Crippen LogP contribution in [0.25, 0.3) is 10.9 Å². The van der Waals surface area contributed by atoms with Crippen LogP contribution in [0.4, 0.5) is 11.4 Å². The van der Waals surface area contributed by atoms with Crippen LogP contribution in [0.1, 0.15) is 23.0 Å². The van der Waals surface area contributed by atoms with Gasteiger partial charge in [-0.1, -0.05) is 11.6 Å². The maximum absolute atomic E-state index is 13.0. The zero-order valence-electron chi connectivity index (χ0n) is 19.5. The summed E-state index contributed by atoms with van der Waals surface area (Å²) in [5.41, 5.74) is 3.68. The Balaban J connectivity index is 1.44. The van der Waals surface area contributed by atoms with Crippen LogP contribution in [0, 0.1) is 6.92 Å². The van der Waals surface area contributed by atoms with Crippen molar-refractivity contribution in [3.63, 3.8) is 0 Å². The molecule has 1 unspecified atom stereocenters. The number of rotatable bonds is 6. The van der Waals surface area contributed by atoms with Crippen molar-refractivity contribution in [1.82, 2.24) is 9.88 Å². The second kappa shape index (κ2) is 9.54. The number of H-pyrrole nitrogens is 1. The van der Waals surface area contributed by atoms with E-state index in [0.29, 0.717) is 5.69 Å². The minimum Gasteiger partial charge on any atom is -0.497 e. The molecule has 8 nitrogen and oxygen atoms in total.